The molecule has 0 bridgehead atoms. The second kappa shape index (κ2) is 11.5. The van der Waals surface area contributed by atoms with E-state index in [0.29, 0.717) is 50.6 Å². The minimum atomic E-state index is -0.537. The highest BCUT2D eigenvalue weighted by molar-refractivity contribution is 5.86. The molecule has 0 aliphatic heterocycles. The van der Waals surface area contributed by atoms with Crippen LogP contribution >= 0.6 is 0 Å². The van der Waals surface area contributed by atoms with Gasteiger partial charge in [0, 0.05) is 43.8 Å². The van der Waals surface area contributed by atoms with Gasteiger partial charge in [-0.3, -0.25) is 19.3 Å². The number of hydrogen-bond donors (Lipinski definition) is 2. The van der Waals surface area contributed by atoms with Gasteiger partial charge >= 0.3 is 11.8 Å². The van der Waals surface area contributed by atoms with Crippen LogP contribution in [0.4, 0.5) is 4.79 Å². The quantitative estimate of drug-likeness (QED) is 0.437. The zero-order chi connectivity index (χ0) is 24.6. The van der Waals surface area contributed by atoms with Crippen LogP contribution in [0.3, 0.4) is 0 Å². The number of aromatic amines is 1. The summed E-state index contributed by atoms with van der Waals surface area (Å²) in [6.45, 7) is 7.42. The number of amides is 1. The summed E-state index contributed by atoms with van der Waals surface area (Å²) in [5, 5.41) is 3.45. The van der Waals surface area contributed by atoms with Crippen molar-refractivity contribution in [2.45, 2.75) is 39.2 Å². The normalized spacial score (nSPS) is 11.4. The average Bonchev–Trinajstić information content (AvgIpc) is 2.76. The first-order valence-electron chi connectivity index (χ1n) is 11.1. The summed E-state index contributed by atoms with van der Waals surface area (Å²) in [7, 11) is 0. The molecule has 2 N–H and O–H groups in total. The highest BCUT2D eigenvalue weighted by Gasteiger charge is 2.15. The Hall–Kier alpha value is -3.66. The van der Waals surface area contributed by atoms with E-state index in [1.54, 1.807) is 12.3 Å². The maximum atomic E-state index is 12.1. The molecule has 0 fully saturated rings. The zero-order valence-electron chi connectivity index (χ0n) is 19.6. The number of benzene rings is 1. The Morgan fingerprint density at radius 1 is 1.12 bits per heavy atom. The first-order chi connectivity index (χ1) is 16.2. The Bertz CT molecular complexity index is 1230. The molecular weight excluding hydrogens is 440 g/mol. The van der Waals surface area contributed by atoms with Crippen LogP contribution in [0.5, 0.6) is 5.75 Å². The van der Waals surface area contributed by atoms with E-state index in [4.69, 9.17) is 14.2 Å². The van der Waals surface area contributed by atoms with Crippen molar-refractivity contribution >= 4 is 17.0 Å². The van der Waals surface area contributed by atoms with Crippen molar-refractivity contribution in [3.63, 3.8) is 0 Å². The number of hydrogen-bond acceptors (Lipinski definition) is 7. The molecule has 0 aliphatic carbocycles. The number of rotatable bonds is 10. The lowest BCUT2D eigenvalue weighted by Gasteiger charge is -2.19. The monoisotopic (exact) mass is 470 g/mol. The van der Waals surface area contributed by atoms with Gasteiger partial charge in [-0.1, -0.05) is 6.07 Å². The second-order valence-electron chi connectivity index (χ2n) is 8.59. The molecule has 1 amide bonds. The van der Waals surface area contributed by atoms with Crippen LogP contribution in [0.25, 0.3) is 16.6 Å². The molecular formula is C24H30N4O6. The topological polar surface area (TPSA) is 125 Å². The van der Waals surface area contributed by atoms with Crippen molar-refractivity contribution in [1.82, 2.24) is 19.9 Å². The third kappa shape index (κ3) is 7.45. The van der Waals surface area contributed by atoms with Gasteiger partial charge in [-0.05, 0) is 45.4 Å². The van der Waals surface area contributed by atoms with Gasteiger partial charge in [0.05, 0.1) is 24.0 Å². The summed E-state index contributed by atoms with van der Waals surface area (Å²) in [4.78, 5) is 41.6. The minimum Gasteiger partial charge on any atom is -0.493 e. The van der Waals surface area contributed by atoms with Crippen molar-refractivity contribution in [1.29, 1.82) is 0 Å². The summed E-state index contributed by atoms with van der Waals surface area (Å²) in [6.07, 6.45) is 3.91. The van der Waals surface area contributed by atoms with Crippen LogP contribution in [0.1, 0.15) is 33.6 Å². The van der Waals surface area contributed by atoms with E-state index in [9.17, 15) is 14.4 Å². The summed E-state index contributed by atoms with van der Waals surface area (Å²) in [5.41, 5.74) is -0.256. The molecule has 2 heterocycles. The van der Waals surface area contributed by atoms with Gasteiger partial charge in [0.2, 0.25) is 0 Å². The number of fused-ring (bicyclic) bond motifs is 1. The minimum absolute atomic E-state index is 0.431. The Kier molecular flexibility index (Phi) is 8.42. The number of carbonyl (C=O) groups excluding carboxylic acids is 1. The van der Waals surface area contributed by atoms with E-state index in [2.05, 4.69) is 15.3 Å². The molecule has 0 spiro atoms. The van der Waals surface area contributed by atoms with Crippen LogP contribution < -0.4 is 21.3 Å². The van der Waals surface area contributed by atoms with Crippen molar-refractivity contribution in [3.8, 4) is 11.4 Å². The Labute approximate surface area is 196 Å². The average molecular weight is 471 g/mol. The van der Waals surface area contributed by atoms with Gasteiger partial charge in [-0.25, -0.2) is 9.59 Å². The predicted octanol–water partition coefficient (Wildman–Crippen LogP) is 2.77. The van der Waals surface area contributed by atoms with Crippen LogP contribution in [-0.4, -0.2) is 52.6 Å². The molecule has 10 nitrogen and oxygen atoms in total. The third-order valence-electron chi connectivity index (χ3n) is 4.60. The molecule has 2 aromatic heterocycles. The van der Waals surface area contributed by atoms with Crippen molar-refractivity contribution < 1.29 is 19.0 Å². The number of ether oxygens (including phenoxy) is 3. The first-order valence-corrected chi connectivity index (χ1v) is 11.1. The lowest BCUT2D eigenvalue weighted by molar-refractivity contribution is 0.0519. The Morgan fingerprint density at radius 3 is 2.68 bits per heavy atom. The van der Waals surface area contributed by atoms with E-state index < -0.39 is 22.9 Å². The number of nitrogens with one attached hydrogen (secondary N) is 2. The molecule has 0 atom stereocenters. The molecule has 34 heavy (non-hydrogen) atoms. The SMILES string of the molecule is CC(C)(C)OC(=O)NCCCOCCCOc1cccc2ncc(-n3ccc(=O)[nH]c3=O)cc12. The number of pyridine rings is 1. The summed E-state index contributed by atoms with van der Waals surface area (Å²) in [6, 6.07) is 8.63. The first kappa shape index (κ1) is 25.0. The van der Waals surface area contributed by atoms with Crippen LogP contribution in [0, 0.1) is 0 Å². The number of nitrogens with zero attached hydrogens (tertiary/aromatic N) is 2. The Balaban J connectivity index is 1.45. The fourth-order valence-corrected chi connectivity index (χ4v) is 3.11. The lowest BCUT2D eigenvalue weighted by atomic mass is 10.2. The highest BCUT2D eigenvalue weighted by Crippen LogP contribution is 2.26. The number of aromatic nitrogens is 3. The largest absolute Gasteiger partial charge is 0.493 e. The maximum absolute atomic E-state index is 12.1. The van der Waals surface area contributed by atoms with Crippen molar-refractivity contribution in [3.05, 3.63) is 63.6 Å². The summed E-state index contributed by atoms with van der Waals surface area (Å²) < 4.78 is 18.0. The van der Waals surface area contributed by atoms with Gasteiger partial charge in [-0.15, -0.1) is 0 Å². The number of H-pyrrole nitrogens is 1. The van der Waals surface area contributed by atoms with Gasteiger partial charge in [-0.2, -0.15) is 0 Å². The van der Waals surface area contributed by atoms with Gasteiger partial charge in [0.1, 0.15) is 11.4 Å². The van der Waals surface area contributed by atoms with E-state index in [1.165, 1.54) is 16.8 Å². The summed E-state index contributed by atoms with van der Waals surface area (Å²) >= 11 is 0. The van der Waals surface area contributed by atoms with E-state index in [1.807, 2.05) is 39.0 Å². The molecule has 182 valence electrons. The lowest BCUT2D eigenvalue weighted by Crippen LogP contribution is -2.33. The van der Waals surface area contributed by atoms with Crippen LogP contribution in [0.15, 0.2) is 52.3 Å². The van der Waals surface area contributed by atoms with Crippen molar-refractivity contribution in [2.75, 3.05) is 26.4 Å². The number of carbonyl (C=O) groups is 1. The zero-order valence-corrected chi connectivity index (χ0v) is 19.6. The molecule has 3 aromatic rings. The standard InChI is InChI=1S/C24H30N4O6/c1-24(2,3)34-23(31)25-10-5-12-32-13-6-14-33-20-8-4-7-19-18(20)15-17(16-26-19)28-11-9-21(29)27-22(28)30/h4,7-9,11,15-16H,5-6,10,12-14H2,1-3H3,(H,25,31)(H,27,29,30). The molecule has 0 saturated heterocycles. The van der Waals surface area contributed by atoms with E-state index in [-0.39, 0.29) is 0 Å². The second-order valence-corrected chi connectivity index (χ2v) is 8.59. The van der Waals surface area contributed by atoms with E-state index in [0.717, 1.165) is 10.9 Å². The molecule has 3 rings (SSSR count). The smallest absolute Gasteiger partial charge is 0.407 e. The third-order valence-corrected chi connectivity index (χ3v) is 4.60. The van der Waals surface area contributed by atoms with Gasteiger partial charge < -0.3 is 19.5 Å². The van der Waals surface area contributed by atoms with Gasteiger partial charge in [0.25, 0.3) is 5.56 Å². The van der Waals surface area contributed by atoms with Crippen LogP contribution in [0.2, 0.25) is 0 Å². The molecule has 10 heteroatoms. The van der Waals surface area contributed by atoms with E-state index >= 15 is 0 Å². The molecule has 0 saturated carbocycles. The van der Waals surface area contributed by atoms with Crippen LogP contribution in [-0.2, 0) is 9.47 Å². The highest BCUT2D eigenvalue weighted by atomic mass is 16.6. The maximum Gasteiger partial charge on any atom is 0.407 e. The Morgan fingerprint density at radius 2 is 1.91 bits per heavy atom. The number of alkyl carbamates (subject to hydrolysis) is 1. The van der Waals surface area contributed by atoms with Gasteiger partial charge in [0.15, 0.2) is 0 Å². The molecule has 1 aromatic carbocycles. The molecule has 0 radical (unpaired) electrons. The molecule has 0 unspecified atom stereocenters. The molecule has 0 aliphatic rings. The fourth-order valence-electron chi connectivity index (χ4n) is 3.11. The fraction of sp³-hybridized carbons (Fsp3) is 0.417. The predicted molar refractivity (Wildman–Crippen MR) is 128 cm³/mol. The van der Waals surface area contributed by atoms with Crippen molar-refractivity contribution in [2.24, 2.45) is 0 Å². The summed E-state index contributed by atoms with van der Waals surface area (Å²) in [5.74, 6) is 0.644.